The van der Waals surface area contributed by atoms with Gasteiger partial charge in [-0.1, -0.05) is 20.3 Å². The van der Waals surface area contributed by atoms with E-state index in [1.807, 2.05) is 12.1 Å². The van der Waals surface area contributed by atoms with Crippen LogP contribution in [0.3, 0.4) is 0 Å². The number of hydrogen-bond donors (Lipinski definition) is 0. The zero-order valence-electron chi connectivity index (χ0n) is 12.6. The van der Waals surface area contributed by atoms with Gasteiger partial charge in [0.05, 0.1) is 21.3 Å². The van der Waals surface area contributed by atoms with Crippen LogP contribution in [0.2, 0.25) is 0 Å². The molecule has 19 heavy (non-hydrogen) atoms. The van der Waals surface area contributed by atoms with Crippen LogP contribution in [0.1, 0.15) is 38.7 Å². The summed E-state index contributed by atoms with van der Waals surface area (Å²) in [7, 11) is 8.00. The normalized spacial score (nSPS) is 13.8. The molecule has 0 fully saturated rings. The molecule has 1 aromatic rings. The number of hydrogen-bond acceptors (Lipinski definition) is 3. The predicted octanol–water partition coefficient (Wildman–Crippen LogP) is 3.99. The summed E-state index contributed by atoms with van der Waals surface area (Å²) in [5, 5.41) is -0.0301. The summed E-state index contributed by atoms with van der Waals surface area (Å²) in [6.07, 6.45) is 3.17. The van der Waals surface area contributed by atoms with Gasteiger partial charge in [-0.25, -0.2) is 0 Å². The number of rotatable bonds is 7. The van der Waals surface area contributed by atoms with Crippen LogP contribution in [0.4, 0.5) is 0 Å². The first kappa shape index (κ1) is 16.1. The molecule has 0 spiro atoms. The van der Waals surface area contributed by atoms with Crippen LogP contribution in [0.5, 0.6) is 17.2 Å². The molecule has 1 aromatic carbocycles. The molecule has 0 aliphatic rings. The van der Waals surface area contributed by atoms with E-state index >= 15 is 0 Å². The highest BCUT2D eigenvalue weighted by Crippen LogP contribution is 2.49. The Morgan fingerprint density at radius 3 is 1.84 bits per heavy atom. The Hall–Kier alpha value is -0.950. The molecular weight excluding hydrogens is 259 g/mol. The van der Waals surface area contributed by atoms with Crippen molar-refractivity contribution >= 4 is 9.24 Å². The van der Waals surface area contributed by atoms with E-state index in [-0.39, 0.29) is 5.16 Å². The highest BCUT2D eigenvalue weighted by molar-refractivity contribution is 7.18. The molecule has 0 aromatic heterocycles. The maximum absolute atomic E-state index is 5.55. The SMILES string of the molecule is CCCC(P)(CC)c1c(OC)cc(OC)cc1OC. The van der Waals surface area contributed by atoms with Gasteiger partial charge >= 0.3 is 0 Å². The molecule has 3 nitrogen and oxygen atoms in total. The summed E-state index contributed by atoms with van der Waals surface area (Å²) in [4.78, 5) is 0. The van der Waals surface area contributed by atoms with E-state index in [1.54, 1.807) is 21.3 Å². The summed E-state index contributed by atoms with van der Waals surface area (Å²) in [5.74, 6) is 2.39. The molecule has 2 atom stereocenters. The van der Waals surface area contributed by atoms with Gasteiger partial charge in [0.25, 0.3) is 0 Å². The third kappa shape index (κ3) is 3.33. The summed E-state index contributed by atoms with van der Waals surface area (Å²) in [6, 6.07) is 3.84. The minimum Gasteiger partial charge on any atom is -0.496 e. The molecule has 0 bridgehead atoms. The van der Waals surface area contributed by atoms with Gasteiger partial charge < -0.3 is 14.2 Å². The van der Waals surface area contributed by atoms with Crippen molar-refractivity contribution < 1.29 is 14.2 Å². The molecular formula is C15H25O3P. The molecule has 0 aliphatic carbocycles. The first-order valence-corrected chi connectivity index (χ1v) is 7.23. The smallest absolute Gasteiger partial charge is 0.130 e. The number of ether oxygens (including phenoxy) is 3. The molecule has 0 radical (unpaired) electrons. The maximum atomic E-state index is 5.55. The highest BCUT2D eigenvalue weighted by atomic mass is 31.0. The lowest BCUT2D eigenvalue weighted by molar-refractivity contribution is 0.355. The number of benzene rings is 1. The average Bonchev–Trinajstić information content (AvgIpc) is 2.45. The van der Waals surface area contributed by atoms with E-state index in [4.69, 9.17) is 14.2 Å². The first-order chi connectivity index (χ1) is 9.06. The van der Waals surface area contributed by atoms with Crippen LogP contribution in [-0.2, 0) is 5.16 Å². The Kier molecular flexibility index (Phi) is 5.93. The fourth-order valence-corrected chi connectivity index (χ4v) is 2.99. The second kappa shape index (κ2) is 7.00. The van der Waals surface area contributed by atoms with Crippen molar-refractivity contribution in [2.75, 3.05) is 21.3 Å². The van der Waals surface area contributed by atoms with Gasteiger partial charge in [-0.3, -0.25) is 0 Å². The fourth-order valence-electron chi connectivity index (χ4n) is 2.42. The number of methoxy groups -OCH3 is 3. The van der Waals surface area contributed by atoms with Crippen LogP contribution in [0, 0.1) is 0 Å². The molecule has 108 valence electrons. The van der Waals surface area contributed by atoms with E-state index < -0.39 is 0 Å². The zero-order valence-corrected chi connectivity index (χ0v) is 13.7. The standard InChI is InChI=1S/C15H25O3P/c1-6-8-15(19,7-2)14-12(17-4)9-11(16-3)10-13(14)18-5/h9-10H,6-8,19H2,1-5H3. The molecule has 1 rings (SSSR count). The maximum Gasteiger partial charge on any atom is 0.130 e. The van der Waals surface area contributed by atoms with Crippen LogP contribution >= 0.6 is 9.24 Å². The molecule has 0 amide bonds. The lowest BCUT2D eigenvalue weighted by Crippen LogP contribution is -2.19. The Morgan fingerprint density at radius 2 is 1.53 bits per heavy atom. The molecule has 0 N–H and O–H groups in total. The van der Waals surface area contributed by atoms with Crippen LogP contribution < -0.4 is 14.2 Å². The van der Waals surface area contributed by atoms with Crippen molar-refractivity contribution in [3.05, 3.63) is 17.7 Å². The van der Waals surface area contributed by atoms with Crippen molar-refractivity contribution in [1.82, 2.24) is 0 Å². The van der Waals surface area contributed by atoms with Gasteiger partial charge in [0.1, 0.15) is 17.2 Å². The van der Waals surface area contributed by atoms with Crippen LogP contribution in [0.15, 0.2) is 12.1 Å². The summed E-state index contributed by atoms with van der Waals surface area (Å²) in [5.41, 5.74) is 1.10. The van der Waals surface area contributed by atoms with Gasteiger partial charge in [0.15, 0.2) is 0 Å². The van der Waals surface area contributed by atoms with Gasteiger partial charge in [0, 0.05) is 22.9 Å². The zero-order chi connectivity index (χ0) is 14.5. The van der Waals surface area contributed by atoms with Crippen molar-refractivity contribution in [3.63, 3.8) is 0 Å². The molecule has 0 saturated heterocycles. The van der Waals surface area contributed by atoms with Crippen molar-refractivity contribution in [2.45, 2.75) is 38.3 Å². The van der Waals surface area contributed by atoms with E-state index in [2.05, 4.69) is 23.1 Å². The second-order valence-electron chi connectivity index (χ2n) is 4.67. The Morgan fingerprint density at radius 1 is 1.00 bits per heavy atom. The predicted molar refractivity (Wildman–Crippen MR) is 82.7 cm³/mol. The van der Waals surface area contributed by atoms with Crippen LogP contribution in [-0.4, -0.2) is 21.3 Å². The van der Waals surface area contributed by atoms with Crippen molar-refractivity contribution in [2.24, 2.45) is 0 Å². The van der Waals surface area contributed by atoms with Gasteiger partial charge in [-0.2, -0.15) is 0 Å². The average molecular weight is 284 g/mol. The summed E-state index contributed by atoms with van der Waals surface area (Å²) < 4.78 is 16.4. The molecule has 0 aliphatic heterocycles. The third-order valence-electron chi connectivity index (χ3n) is 3.54. The molecule has 2 unspecified atom stereocenters. The monoisotopic (exact) mass is 284 g/mol. The quantitative estimate of drug-likeness (QED) is 0.708. The van der Waals surface area contributed by atoms with Gasteiger partial charge in [0.2, 0.25) is 0 Å². The van der Waals surface area contributed by atoms with Gasteiger partial charge in [-0.15, -0.1) is 9.24 Å². The lowest BCUT2D eigenvalue weighted by Gasteiger charge is -2.31. The van der Waals surface area contributed by atoms with Gasteiger partial charge in [-0.05, 0) is 12.8 Å². The largest absolute Gasteiger partial charge is 0.496 e. The van der Waals surface area contributed by atoms with Crippen molar-refractivity contribution in [3.8, 4) is 17.2 Å². The fraction of sp³-hybridized carbons (Fsp3) is 0.600. The van der Waals surface area contributed by atoms with E-state index in [9.17, 15) is 0 Å². The van der Waals surface area contributed by atoms with E-state index in [1.165, 1.54) is 0 Å². The topological polar surface area (TPSA) is 27.7 Å². The molecule has 0 heterocycles. The summed E-state index contributed by atoms with van der Waals surface area (Å²) in [6.45, 7) is 4.38. The van der Waals surface area contributed by atoms with E-state index in [0.717, 1.165) is 42.1 Å². The highest BCUT2D eigenvalue weighted by Gasteiger charge is 2.31. The Bertz CT molecular complexity index is 395. The minimum absolute atomic E-state index is 0.0301. The molecule has 4 heteroatoms. The Labute approximate surface area is 118 Å². The third-order valence-corrected chi connectivity index (χ3v) is 4.53. The second-order valence-corrected chi connectivity index (χ2v) is 5.77. The van der Waals surface area contributed by atoms with Crippen LogP contribution in [0.25, 0.3) is 0 Å². The van der Waals surface area contributed by atoms with E-state index in [0.29, 0.717) is 0 Å². The summed E-state index contributed by atoms with van der Waals surface area (Å²) >= 11 is 0. The first-order valence-electron chi connectivity index (χ1n) is 6.65. The van der Waals surface area contributed by atoms with Crippen molar-refractivity contribution in [1.29, 1.82) is 0 Å². The molecule has 0 saturated carbocycles. The Balaban J connectivity index is 3.45. The minimum atomic E-state index is -0.0301. The lowest BCUT2D eigenvalue weighted by atomic mass is 9.89.